The summed E-state index contributed by atoms with van der Waals surface area (Å²) >= 11 is 0. The van der Waals surface area contributed by atoms with E-state index in [0.29, 0.717) is 6.04 Å². The van der Waals surface area contributed by atoms with Crippen molar-refractivity contribution in [2.75, 3.05) is 0 Å². The number of benzene rings is 1. The van der Waals surface area contributed by atoms with Gasteiger partial charge in [-0.05, 0) is 35.4 Å². The lowest BCUT2D eigenvalue weighted by Crippen LogP contribution is -2.40. The molecule has 3 nitrogen and oxygen atoms in total. The minimum Gasteiger partial charge on any atom is -0.310 e. The minimum absolute atomic E-state index is 0.668. The zero-order valence-electron chi connectivity index (χ0n) is 13.0. The second kappa shape index (κ2) is 6.44. The van der Waals surface area contributed by atoms with Crippen molar-refractivity contribution in [3.63, 3.8) is 0 Å². The molecule has 3 heteroatoms. The minimum atomic E-state index is 0.668. The molecule has 112 valence electrons. The lowest BCUT2D eigenvalue weighted by atomic mass is 9.78. The molecule has 3 rings (SSSR count). The first-order valence-corrected chi connectivity index (χ1v) is 8.06. The summed E-state index contributed by atoms with van der Waals surface area (Å²) in [5, 5.41) is 10.8. The van der Waals surface area contributed by atoms with Crippen LogP contribution in [0, 0.1) is 11.8 Å². The highest BCUT2D eigenvalue weighted by molar-refractivity contribution is 5.58. The van der Waals surface area contributed by atoms with Gasteiger partial charge < -0.3 is 5.32 Å². The summed E-state index contributed by atoms with van der Waals surface area (Å²) in [6.45, 7) is 5.74. The van der Waals surface area contributed by atoms with Crippen LogP contribution < -0.4 is 5.32 Å². The molecule has 1 aliphatic carbocycles. The first-order chi connectivity index (χ1) is 10.2. The molecule has 2 aromatic rings. The van der Waals surface area contributed by atoms with Gasteiger partial charge in [0.05, 0.1) is 5.69 Å². The van der Waals surface area contributed by atoms with Gasteiger partial charge in [0, 0.05) is 18.8 Å². The average molecular weight is 283 g/mol. The molecule has 1 aromatic carbocycles. The van der Waals surface area contributed by atoms with Crippen LogP contribution in [-0.2, 0) is 6.54 Å². The number of aromatic nitrogens is 2. The molecule has 0 amide bonds. The van der Waals surface area contributed by atoms with Crippen molar-refractivity contribution in [1.82, 2.24) is 15.5 Å². The number of hydrogen-bond acceptors (Lipinski definition) is 2. The van der Waals surface area contributed by atoms with Gasteiger partial charge >= 0.3 is 0 Å². The molecule has 0 spiro atoms. The van der Waals surface area contributed by atoms with Gasteiger partial charge in [-0.3, -0.25) is 5.10 Å². The molecule has 0 bridgehead atoms. The van der Waals surface area contributed by atoms with Crippen LogP contribution >= 0.6 is 0 Å². The summed E-state index contributed by atoms with van der Waals surface area (Å²) in [7, 11) is 0. The highest BCUT2D eigenvalue weighted by Gasteiger charge is 2.26. The normalized spacial score (nSPS) is 25.9. The third kappa shape index (κ3) is 3.35. The van der Waals surface area contributed by atoms with Crippen molar-refractivity contribution in [3.8, 4) is 11.3 Å². The zero-order chi connectivity index (χ0) is 14.7. The summed E-state index contributed by atoms with van der Waals surface area (Å²) in [6.07, 6.45) is 5.86. The largest absolute Gasteiger partial charge is 0.310 e. The standard InChI is InChI=1S/C18H25N3/c1-13-4-3-5-17(14(13)2)19-12-15-6-8-16(9-7-15)18-10-11-20-21-18/h6-11,13-14,17,19H,3-5,12H2,1-2H3,(H,20,21). The molecular weight excluding hydrogens is 258 g/mol. The van der Waals surface area contributed by atoms with Gasteiger partial charge in [0.25, 0.3) is 0 Å². The number of H-pyrrole nitrogens is 1. The molecule has 0 aliphatic heterocycles. The first kappa shape index (κ1) is 14.3. The molecule has 1 fully saturated rings. The van der Waals surface area contributed by atoms with Gasteiger partial charge in [-0.25, -0.2) is 0 Å². The van der Waals surface area contributed by atoms with Crippen molar-refractivity contribution in [3.05, 3.63) is 42.1 Å². The van der Waals surface area contributed by atoms with E-state index in [9.17, 15) is 0 Å². The fourth-order valence-electron chi connectivity index (χ4n) is 3.34. The number of nitrogens with zero attached hydrogens (tertiary/aromatic N) is 1. The molecule has 21 heavy (non-hydrogen) atoms. The van der Waals surface area contributed by atoms with Crippen LogP contribution in [0.5, 0.6) is 0 Å². The van der Waals surface area contributed by atoms with Gasteiger partial charge in [0.15, 0.2) is 0 Å². The van der Waals surface area contributed by atoms with Crippen molar-refractivity contribution in [2.24, 2.45) is 11.8 Å². The Balaban J connectivity index is 1.58. The van der Waals surface area contributed by atoms with Crippen molar-refractivity contribution in [1.29, 1.82) is 0 Å². The Morgan fingerprint density at radius 3 is 2.67 bits per heavy atom. The molecule has 0 radical (unpaired) electrons. The average Bonchev–Trinajstić information content (AvgIpc) is 3.04. The Morgan fingerprint density at radius 1 is 1.14 bits per heavy atom. The summed E-state index contributed by atoms with van der Waals surface area (Å²) in [5.41, 5.74) is 3.61. The molecule has 3 unspecified atom stereocenters. The third-order valence-electron chi connectivity index (χ3n) is 5.04. The van der Waals surface area contributed by atoms with E-state index in [1.54, 1.807) is 6.20 Å². The van der Waals surface area contributed by atoms with Gasteiger partial charge in [0.1, 0.15) is 0 Å². The van der Waals surface area contributed by atoms with E-state index in [1.807, 2.05) is 6.07 Å². The third-order valence-corrected chi connectivity index (χ3v) is 5.04. The first-order valence-electron chi connectivity index (χ1n) is 8.06. The van der Waals surface area contributed by atoms with Crippen molar-refractivity contribution in [2.45, 2.75) is 45.7 Å². The van der Waals surface area contributed by atoms with E-state index in [4.69, 9.17) is 0 Å². The number of nitrogens with one attached hydrogen (secondary N) is 2. The van der Waals surface area contributed by atoms with E-state index in [2.05, 4.69) is 53.6 Å². The predicted molar refractivity (Wildman–Crippen MR) is 86.8 cm³/mol. The van der Waals surface area contributed by atoms with Gasteiger partial charge in [0.2, 0.25) is 0 Å². The van der Waals surface area contributed by atoms with Crippen LogP contribution in [0.3, 0.4) is 0 Å². The van der Waals surface area contributed by atoms with Crippen molar-refractivity contribution < 1.29 is 0 Å². The Morgan fingerprint density at radius 2 is 1.95 bits per heavy atom. The SMILES string of the molecule is CC1CCCC(NCc2ccc(-c3ccn[nH]3)cc2)C1C. The molecule has 3 atom stereocenters. The Kier molecular flexibility index (Phi) is 4.39. The van der Waals surface area contributed by atoms with Crippen LogP contribution in [-0.4, -0.2) is 16.2 Å². The molecule has 1 aromatic heterocycles. The summed E-state index contributed by atoms with van der Waals surface area (Å²) < 4.78 is 0. The highest BCUT2D eigenvalue weighted by atomic mass is 15.1. The topological polar surface area (TPSA) is 40.7 Å². The molecule has 2 N–H and O–H groups in total. The molecular formula is C18H25N3. The van der Waals surface area contributed by atoms with E-state index < -0.39 is 0 Å². The van der Waals surface area contributed by atoms with Crippen molar-refractivity contribution >= 4 is 0 Å². The maximum atomic E-state index is 4.00. The predicted octanol–water partition coefficient (Wildman–Crippen LogP) is 3.99. The highest BCUT2D eigenvalue weighted by Crippen LogP contribution is 2.29. The quantitative estimate of drug-likeness (QED) is 0.890. The Bertz CT molecular complexity index is 544. The summed E-state index contributed by atoms with van der Waals surface area (Å²) in [5.74, 6) is 1.63. The van der Waals surface area contributed by atoms with Crippen LogP contribution in [0.25, 0.3) is 11.3 Å². The maximum absolute atomic E-state index is 4.00. The maximum Gasteiger partial charge on any atom is 0.0650 e. The van der Waals surface area contributed by atoms with Gasteiger partial charge in [-0.2, -0.15) is 5.10 Å². The second-order valence-corrected chi connectivity index (χ2v) is 6.42. The number of hydrogen-bond donors (Lipinski definition) is 2. The van der Waals surface area contributed by atoms with Crippen LogP contribution in [0.4, 0.5) is 0 Å². The monoisotopic (exact) mass is 283 g/mol. The number of aromatic amines is 1. The fraction of sp³-hybridized carbons (Fsp3) is 0.500. The Hall–Kier alpha value is -1.61. The van der Waals surface area contributed by atoms with E-state index in [1.165, 1.54) is 30.4 Å². The Labute approximate surface area is 127 Å². The molecule has 0 saturated heterocycles. The van der Waals surface area contributed by atoms with Crippen LogP contribution in [0.1, 0.15) is 38.7 Å². The zero-order valence-corrected chi connectivity index (χ0v) is 13.0. The molecule has 1 saturated carbocycles. The van der Waals surface area contributed by atoms with E-state index in [-0.39, 0.29) is 0 Å². The lowest BCUT2D eigenvalue weighted by molar-refractivity contribution is 0.206. The van der Waals surface area contributed by atoms with Crippen LogP contribution in [0.2, 0.25) is 0 Å². The molecule has 1 heterocycles. The fourth-order valence-corrected chi connectivity index (χ4v) is 3.34. The smallest absolute Gasteiger partial charge is 0.0650 e. The summed E-state index contributed by atoms with van der Waals surface area (Å²) in [4.78, 5) is 0. The number of rotatable bonds is 4. The van der Waals surface area contributed by atoms with E-state index >= 15 is 0 Å². The summed E-state index contributed by atoms with van der Waals surface area (Å²) in [6, 6.07) is 11.4. The van der Waals surface area contributed by atoms with Gasteiger partial charge in [-0.1, -0.05) is 51.0 Å². The second-order valence-electron chi connectivity index (χ2n) is 6.42. The molecule has 1 aliphatic rings. The van der Waals surface area contributed by atoms with Crippen LogP contribution in [0.15, 0.2) is 36.5 Å². The van der Waals surface area contributed by atoms with Gasteiger partial charge in [-0.15, -0.1) is 0 Å². The lowest BCUT2D eigenvalue weighted by Gasteiger charge is -2.34. The van der Waals surface area contributed by atoms with E-state index in [0.717, 1.165) is 24.1 Å².